The van der Waals surface area contributed by atoms with Gasteiger partial charge in [0, 0.05) is 23.2 Å². The van der Waals surface area contributed by atoms with Crippen LogP contribution in [0, 0.1) is 0 Å². The molecule has 1 heterocycles. The average Bonchev–Trinajstić information content (AvgIpc) is 3.08. The summed E-state index contributed by atoms with van der Waals surface area (Å²) in [5.41, 5.74) is 7.89. The number of ether oxygens (including phenoxy) is 2. The number of amides is 2. The highest BCUT2D eigenvalue weighted by atomic mass is 16.7. The largest absolute Gasteiger partial charge is 0.366 e. The number of carbonyl (C=O) groups excluding carboxylic acids is 2. The molecule has 1 aliphatic heterocycles. The molecule has 1 fully saturated rings. The van der Waals surface area contributed by atoms with Crippen molar-refractivity contribution < 1.29 is 19.1 Å². The van der Waals surface area contributed by atoms with Crippen LogP contribution < -0.4 is 11.1 Å². The number of hydrogen-bond donors (Lipinski definition) is 2. The van der Waals surface area contributed by atoms with E-state index in [9.17, 15) is 9.59 Å². The lowest BCUT2D eigenvalue weighted by Crippen LogP contribution is -2.25. The lowest BCUT2D eigenvalue weighted by atomic mass is 10.0. The van der Waals surface area contributed by atoms with Gasteiger partial charge in [0.2, 0.25) is 5.91 Å². The SMILES string of the molecule is CC1(c2cccc(CNC(=O)c3ccc(C(N)=O)cc3)c2)OCCO1. The second-order valence-electron chi connectivity index (χ2n) is 5.97. The highest BCUT2D eigenvalue weighted by molar-refractivity contribution is 5.97. The summed E-state index contributed by atoms with van der Waals surface area (Å²) in [6, 6.07) is 14.0. The highest BCUT2D eigenvalue weighted by Gasteiger charge is 2.33. The van der Waals surface area contributed by atoms with Crippen LogP contribution in [0.5, 0.6) is 0 Å². The van der Waals surface area contributed by atoms with Gasteiger partial charge in [-0.3, -0.25) is 9.59 Å². The number of benzene rings is 2. The molecule has 0 aromatic heterocycles. The minimum Gasteiger partial charge on any atom is -0.366 e. The van der Waals surface area contributed by atoms with Crippen LogP contribution in [0.25, 0.3) is 0 Å². The molecule has 0 spiro atoms. The van der Waals surface area contributed by atoms with E-state index >= 15 is 0 Å². The Morgan fingerprint density at radius 1 is 1.08 bits per heavy atom. The fourth-order valence-corrected chi connectivity index (χ4v) is 2.72. The zero-order valence-corrected chi connectivity index (χ0v) is 14.0. The van der Waals surface area contributed by atoms with Gasteiger partial charge >= 0.3 is 0 Å². The molecule has 2 aromatic rings. The van der Waals surface area contributed by atoms with E-state index in [0.29, 0.717) is 30.9 Å². The fraction of sp³-hybridized carbons (Fsp3) is 0.263. The van der Waals surface area contributed by atoms with Crippen molar-refractivity contribution in [1.82, 2.24) is 5.32 Å². The molecule has 0 atom stereocenters. The van der Waals surface area contributed by atoms with Gasteiger partial charge < -0.3 is 20.5 Å². The number of nitrogens with two attached hydrogens (primary N) is 1. The third kappa shape index (κ3) is 3.87. The maximum Gasteiger partial charge on any atom is 0.251 e. The van der Waals surface area contributed by atoms with Crippen LogP contribution in [-0.2, 0) is 21.8 Å². The summed E-state index contributed by atoms with van der Waals surface area (Å²) in [6.07, 6.45) is 0. The molecule has 0 aliphatic carbocycles. The Bertz CT molecular complexity index is 780. The predicted molar refractivity (Wildman–Crippen MR) is 91.8 cm³/mol. The van der Waals surface area contributed by atoms with E-state index in [4.69, 9.17) is 15.2 Å². The molecule has 2 amide bonds. The molecule has 2 aromatic carbocycles. The van der Waals surface area contributed by atoms with Gasteiger partial charge in [0.15, 0.2) is 5.79 Å². The Balaban J connectivity index is 1.65. The first-order valence-corrected chi connectivity index (χ1v) is 8.03. The second kappa shape index (κ2) is 7.04. The molecule has 6 heteroatoms. The minimum atomic E-state index is -0.732. The van der Waals surface area contributed by atoms with Gasteiger partial charge in [0.25, 0.3) is 5.91 Å². The number of primary amides is 1. The maximum absolute atomic E-state index is 12.2. The Morgan fingerprint density at radius 3 is 2.36 bits per heavy atom. The molecule has 0 bridgehead atoms. The van der Waals surface area contributed by atoms with Crippen molar-refractivity contribution in [3.63, 3.8) is 0 Å². The van der Waals surface area contributed by atoms with E-state index in [1.165, 1.54) is 12.1 Å². The van der Waals surface area contributed by atoms with Crippen LogP contribution in [-0.4, -0.2) is 25.0 Å². The summed E-state index contributed by atoms with van der Waals surface area (Å²) >= 11 is 0. The highest BCUT2D eigenvalue weighted by Crippen LogP contribution is 2.31. The Morgan fingerprint density at radius 2 is 1.72 bits per heavy atom. The molecule has 25 heavy (non-hydrogen) atoms. The van der Waals surface area contributed by atoms with E-state index in [2.05, 4.69) is 5.32 Å². The first-order chi connectivity index (χ1) is 12.0. The Kier molecular flexibility index (Phi) is 4.83. The van der Waals surface area contributed by atoms with Crippen molar-refractivity contribution in [2.75, 3.05) is 13.2 Å². The normalized spacial score (nSPS) is 15.7. The van der Waals surface area contributed by atoms with Crippen LogP contribution in [0.2, 0.25) is 0 Å². The second-order valence-corrected chi connectivity index (χ2v) is 5.97. The van der Waals surface area contributed by atoms with Crippen molar-refractivity contribution >= 4 is 11.8 Å². The summed E-state index contributed by atoms with van der Waals surface area (Å²) in [6.45, 7) is 3.40. The van der Waals surface area contributed by atoms with Gasteiger partial charge in [-0.15, -0.1) is 0 Å². The maximum atomic E-state index is 12.2. The monoisotopic (exact) mass is 340 g/mol. The number of carbonyl (C=O) groups is 2. The predicted octanol–water partition coefficient (Wildman–Crippen LogP) is 1.94. The molecule has 0 unspecified atom stereocenters. The van der Waals surface area contributed by atoms with Crippen LogP contribution in [0.4, 0.5) is 0 Å². The molecule has 0 saturated carbocycles. The lowest BCUT2D eigenvalue weighted by Gasteiger charge is -2.23. The van der Waals surface area contributed by atoms with Gasteiger partial charge in [-0.05, 0) is 42.8 Å². The van der Waals surface area contributed by atoms with Gasteiger partial charge in [0.1, 0.15) is 0 Å². The summed E-state index contributed by atoms with van der Waals surface area (Å²) in [4.78, 5) is 23.3. The van der Waals surface area contributed by atoms with Gasteiger partial charge in [-0.1, -0.05) is 18.2 Å². The van der Waals surface area contributed by atoms with E-state index in [1.807, 2.05) is 31.2 Å². The molecule has 0 radical (unpaired) electrons. The summed E-state index contributed by atoms with van der Waals surface area (Å²) < 4.78 is 11.3. The smallest absolute Gasteiger partial charge is 0.251 e. The van der Waals surface area contributed by atoms with Crippen LogP contribution in [0.3, 0.4) is 0 Å². The Hall–Kier alpha value is -2.70. The molecule has 1 saturated heterocycles. The quantitative estimate of drug-likeness (QED) is 0.870. The summed E-state index contributed by atoms with van der Waals surface area (Å²) in [7, 11) is 0. The zero-order chi connectivity index (χ0) is 17.9. The standard InChI is InChI=1S/C19H20N2O4/c1-19(24-9-10-25-19)16-4-2-3-13(11-16)12-21-18(23)15-7-5-14(6-8-15)17(20)22/h2-8,11H,9-10,12H2,1H3,(H2,20,22)(H,21,23). The molecule has 6 nitrogen and oxygen atoms in total. The van der Waals surface area contributed by atoms with Crippen LogP contribution in [0.15, 0.2) is 48.5 Å². The number of hydrogen-bond acceptors (Lipinski definition) is 4. The number of rotatable bonds is 5. The van der Waals surface area contributed by atoms with Gasteiger partial charge in [-0.2, -0.15) is 0 Å². The molecule has 130 valence electrons. The topological polar surface area (TPSA) is 90.7 Å². The Labute approximate surface area is 145 Å². The first-order valence-electron chi connectivity index (χ1n) is 8.03. The molecule has 3 rings (SSSR count). The van der Waals surface area contributed by atoms with Crippen molar-refractivity contribution in [2.45, 2.75) is 19.3 Å². The van der Waals surface area contributed by atoms with E-state index in [1.54, 1.807) is 12.1 Å². The van der Waals surface area contributed by atoms with Crippen molar-refractivity contribution in [2.24, 2.45) is 5.73 Å². The summed E-state index contributed by atoms with van der Waals surface area (Å²) in [5.74, 6) is -1.47. The van der Waals surface area contributed by atoms with Gasteiger partial charge in [0.05, 0.1) is 13.2 Å². The number of nitrogens with one attached hydrogen (secondary N) is 1. The molecular weight excluding hydrogens is 320 g/mol. The van der Waals surface area contributed by atoms with Crippen LogP contribution in [0.1, 0.15) is 38.8 Å². The third-order valence-electron chi connectivity index (χ3n) is 4.17. The zero-order valence-electron chi connectivity index (χ0n) is 14.0. The minimum absolute atomic E-state index is 0.221. The van der Waals surface area contributed by atoms with E-state index in [0.717, 1.165) is 11.1 Å². The van der Waals surface area contributed by atoms with E-state index < -0.39 is 11.7 Å². The lowest BCUT2D eigenvalue weighted by molar-refractivity contribution is -0.149. The molecule has 3 N–H and O–H groups in total. The van der Waals surface area contributed by atoms with Gasteiger partial charge in [-0.25, -0.2) is 0 Å². The van der Waals surface area contributed by atoms with Crippen molar-refractivity contribution in [3.8, 4) is 0 Å². The van der Waals surface area contributed by atoms with Crippen LogP contribution >= 0.6 is 0 Å². The third-order valence-corrected chi connectivity index (χ3v) is 4.17. The average molecular weight is 340 g/mol. The molecular formula is C19H20N2O4. The van der Waals surface area contributed by atoms with Crippen molar-refractivity contribution in [1.29, 1.82) is 0 Å². The van der Waals surface area contributed by atoms with E-state index in [-0.39, 0.29) is 5.91 Å². The first kappa shape index (κ1) is 17.1. The fourth-order valence-electron chi connectivity index (χ4n) is 2.72. The molecule has 1 aliphatic rings. The van der Waals surface area contributed by atoms with Crippen molar-refractivity contribution in [3.05, 3.63) is 70.8 Å². The summed E-state index contributed by atoms with van der Waals surface area (Å²) in [5, 5.41) is 2.86.